The second-order valence-electron chi connectivity index (χ2n) is 35.6. The summed E-state index contributed by atoms with van der Waals surface area (Å²) in [5, 5.41) is 49.6. The van der Waals surface area contributed by atoms with Gasteiger partial charge in [0.05, 0.1) is 88.0 Å². The fourth-order valence-electron chi connectivity index (χ4n) is 17.4. The number of unbranched alkanes of at least 4 members (excludes halogenated alkanes) is 6. The summed E-state index contributed by atoms with van der Waals surface area (Å²) < 4.78 is 70.6. The zero-order chi connectivity index (χ0) is 99.1. The molecule has 0 bridgehead atoms. The number of aryl methyl sites for hydroxylation is 5. The van der Waals surface area contributed by atoms with Gasteiger partial charge in [-0.2, -0.15) is 20.4 Å². The number of aromatic nitrogens is 8. The number of benzene rings is 7. The van der Waals surface area contributed by atoms with Gasteiger partial charge in [-0.15, -0.1) is 0 Å². The van der Waals surface area contributed by atoms with E-state index in [4.69, 9.17) is 15.3 Å². The van der Waals surface area contributed by atoms with Crippen LogP contribution in [0.3, 0.4) is 0 Å². The highest BCUT2D eigenvalue weighted by molar-refractivity contribution is 7.86. The number of hydrogen-bond donors (Lipinski definition) is 6. The van der Waals surface area contributed by atoms with Crippen LogP contribution in [0, 0.1) is 40.4 Å². The maximum Gasteiger partial charge on any atom is 0.274 e. The number of nitrogens with zero attached hydrogens (tertiary/aromatic N) is 15. The van der Waals surface area contributed by atoms with E-state index in [0.29, 0.717) is 162 Å². The van der Waals surface area contributed by atoms with E-state index < -0.39 is 57.1 Å². The van der Waals surface area contributed by atoms with Gasteiger partial charge < -0.3 is 70.6 Å². The normalized spacial score (nSPS) is 14.7. The minimum absolute atomic E-state index is 0. The first kappa shape index (κ1) is 112. The monoisotopic (exact) mass is 1990 g/mol. The van der Waals surface area contributed by atoms with Crippen molar-refractivity contribution in [3.63, 3.8) is 0 Å². The molecule has 37 heteroatoms. The lowest BCUT2D eigenvalue weighted by atomic mass is 9.93. The maximum atomic E-state index is 14.6. The molecule has 12 N–H and O–H groups in total. The summed E-state index contributed by atoms with van der Waals surface area (Å²) in [5.74, 6) is -1.95. The minimum Gasteiger partial charge on any atom is -0.412 e. The smallest absolute Gasteiger partial charge is 0.274 e. The molecule has 14 rings (SSSR count). The Morgan fingerprint density at radius 1 is 0.397 bits per heavy atom. The summed E-state index contributed by atoms with van der Waals surface area (Å²) in [6.07, 6.45) is 12.9. The number of nitrogens with one attached hydrogen (secondary N) is 3. The SMILES string of the molecule is CCCCN(CCCC)C(=O)c1cc(C)n(-c2ccc(NS(=O)N(C)C)cc2C(=O)N2Cc3ccccc3C[C@H]2CO)n1.CCCCN(CCCC)C(=O)c1cc(C)n(-c2ccc(NS(=O)c3c(C)nn(C)c3C)cc2C(=O)N2Cc3ccccc3C[C@H]2CO)n1.CCCCN(CCCC)C(=O)c1cc(C)n(-c2ccc(NS(=O)c3ccccc3F)cc2C(=O)N2Cc3ccccc3C[C@H]2CO)n1.O.O.O. The molecular weight excluding hydrogens is 1860 g/mol. The predicted molar refractivity (Wildman–Crippen MR) is 550 cm³/mol. The van der Waals surface area contributed by atoms with Gasteiger partial charge in [-0.05, 0) is 211 Å². The maximum absolute atomic E-state index is 14.6. The summed E-state index contributed by atoms with van der Waals surface area (Å²) in [6, 6.07) is 48.8. The van der Waals surface area contributed by atoms with Crippen LogP contribution in [0.1, 0.15) is 243 Å². The number of amides is 6. The Bertz CT molecular complexity index is 6170. The summed E-state index contributed by atoms with van der Waals surface area (Å²) >= 11 is -1.51. The Morgan fingerprint density at radius 3 is 0.972 bits per heavy atom. The molecule has 11 aromatic rings. The summed E-state index contributed by atoms with van der Waals surface area (Å²) in [5.41, 5.74) is 14.4. The van der Waals surface area contributed by atoms with E-state index in [1.165, 1.54) is 22.5 Å². The van der Waals surface area contributed by atoms with Gasteiger partial charge in [-0.1, -0.05) is 165 Å². The lowest BCUT2D eigenvalue weighted by molar-refractivity contribution is 0.0539. The van der Waals surface area contributed by atoms with Crippen molar-refractivity contribution in [3.05, 3.63) is 271 Å². The highest BCUT2D eigenvalue weighted by Crippen LogP contribution is 2.36. The summed E-state index contributed by atoms with van der Waals surface area (Å²) in [6.45, 7) is 26.2. The van der Waals surface area contributed by atoms with Crippen molar-refractivity contribution in [1.29, 1.82) is 0 Å². The molecule has 760 valence electrons. The van der Waals surface area contributed by atoms with Crippen LogP contribution in [0.5, 0.6) is 0 Å². The molecule has 0 saturated heterocycles. The standard InChI is InChI=1S/C36H42FN5O4S.C36H47N7O4S.C32H44N6O4S.3H2O/c1-4-6-18-40(19-7-5-2)36(45)32-20-25(3)42(38-32)33-17-16-28(39-47(46)34-15-11-10-14-31(34)37)22-30(33)35(44)41-23-27-13-9-8-12-26(27)21-29(41)24-43;1-7-9-17-41(18-10-8-2)36(46)32-19-24(3)43(38-32)33-16-15-29(39-48(47)34-25(4)37-40(6)26(34)5)21-31(33)35(45)42-22-28-14-12-11-13-27(28)20-30(42)23-44;1-6-8-16-36(17-9-7-2)32(41)29-18-23(3)38(33-29)30-15-14-26(34-43(42)35(4)5)20-28(30)31(40)37-21-25-13-11-10-12-24(25)19-27(37)22-39;;;/h8-17,20,22,29,39,43H,4-7,18-19,21,23-24H2,1-3H3;11-16,19,21,30,39,44H,7-10,17-18,20,22-23H2,1-6H3;10-15,18,20,27,34,39H,6-9,16-17,19,21-22H2,1-5H3;3*1H2/t29-,47?;30-,48?;27-,43?;;;/m000.../s1. The van der Waals surface area contributed by atoms with Crippen LogP contribution in [0.15, 0.2) is 180 Å². The first-order chi connectivity index (χ1) is 66.5. The molecule has 33 nitrogen and oxygen atoms in total. The number of aliphatic hydroxyl groups is 3. The van der Waals surface area contributed by atoms with Crippen molar-refractivity contribution < 1.29 is 77.5 Å². The number of rotatable bonds is 39. The molecule has 0 spiro atoms. The molecule has 3 aliphatic heterocycles. The van der Waals surface area contributed by atoms with Crippen molar-refractivity contribution in [1.82, 2.24) is 72.8 Å². The quantitative estimate of drug-likeness (QED) is 0.0208. The molecule has 0 fully saturated rings. The third-order valence-electron chi connectivity index (χ3n) is 25.3. The molecule has 141 heavy (non-hydrogen) atoms. The first-order valence-electron chi connectivity index (χ1n) is 47.9. The highest BCUT2D eigenvalue weighted by Gasteiger charge is 2.38. The lowest BCUT2D eigenvalue weighted by Gasteiger charge is -2.36. The van der Waals surface area contributed by atoms with Gasteiger partial charge in [-0.25, -0.2) is 35.4 Å². The molecule has 3 unspecified atom stereocenters. The van der Waals surface area contributed by atoms with Gasteiger partial charge in [0.2, 0.25) is 0 Å². The third kappa shape index (κ3) is 27.1. The average molecular weight is 2000 g/mol. The molecule has 4 aromatic heterocycles. The van der Waals surface area contributed by atoms with Crippen molar-refractivity contribution >= 4 is 85.6 Å². The van der Waals surface area contributed by atoms with E-state index in [1.54, 1.807) is 133 Å². The molecule has 0 radical (unpaired) electrons. The van der Waals surface area contributed by atoms with Gasteiger partial charge in [0.25, 0.3) is 35.4 Å². The van der Waals surface area contributed by atoms with Gasteiger partial charge in [0, 0.05) is 114 Å². The number of anilines is 3. The topological polar surface area (TPSA) is 439 Å². The number of fused-ring (bicyclic) bond motifs is 3. The van der Waals surface area contributed by atoms with Crippen LogP contribution in [0.25, 0.3) is 17.1 Å². The fourth-order valence-corrected chi connectivity index (χ4v) is 20.0. The van der Waals surface area contributed by atoms with E-state index >= 15 is 0 Å². The molecule has 3 aliphatic rings. The van der Waals surface area contributed by atoms with E-state index in [2.05, 4.69) is 60.8 Å². The van der Waals surface area contributed by atoms with Gasteiger partial charge in [0.1, 0.15) is 10.7 Å². The van der Waals surface area contributed by atoms with E-state index in [9.17, 15) is 61.1 Å². The zero-order valence-corrected chi connectivity index (χ0v) is 85.8. The van der Waals surface area contributed by atoms with Crippen molar-refractivity contribution in [2.45, 2.75) is 220 Å². The second-order valence-corrected chi connectivity index (χ2v) is 39.4. The van der Waals surface area contributed by atoms with Crippen molar-refractivity contribution in [3.8, 4) is 17.1 Å². The largest absolute Gasteiger partial charge is 0.412 e. The van der Waals surface area contributed by atoms with Crippen LogP contribution < -0.4 is 14.2 Å². The molecule has 7 aromatic carbocycles. The number of hydrogen-bond acceptors (Lipinski definition) is 16. The van der Waals surface area contributed by atoms with Gasteiger partial charge >= 0.3 is 0 Å². The van der Waals surface area contributed by atoms with E-state index in [1.807, 2.05) is 122 Å². The third-order valence-corrected chi connectivity index (χ3v) is 28.9. The Balaban J connectivity index is 0.000000234. The van der Waals surface area contributed by atoms with Gasteiger partial charge in [0.15, 0.2) is 50.2 Å². The van der Waals surface area contributed by atoms with E-state index in [0.717, 1.165) is 116 Å². The Kier molecular flexibility index (Phi) is 42.2. The molecule has 6 atom stereocenters. The van der Waals surface area contributed by atoms with Crippen molar-refractivity contribution in [2.75, 3.05) is 87.4 Å². The molecular formula is C104H139FN18O15S3. The molecule has 7 heterocycles. The Labute approximate surface area is 833 Å². The Hall–Kier alpha value is -12.3. The second kappa shape index (κ2) is 53.0. The lowest BCUT2D eigenvalue weighted by Crippen LogP contribution is -2.46. The molecule has 0 saturated carbocycles. The number of carbonyl (C=O) groups is 6. The first-order valence-corrected chi connectivity index (χ1v) is 51.4. The van der Waals surface area contributed by atoms with Crippen LogP contribution in [0.2, 0.25) is 0 Å². The molecule has 0 aliphatic carbocycles. The summed E-state index contributed by atoms with van der Waals surface area (Å²) in [7, 11) is 1.61. The number of aliphatic hydroxyl groups excluding tert-OH is 3. The number of carbonyl (C=O) groups excluding carboxylic acids is 6. The summed E-state index contributed by atoms with van der Waals surface area (Å²) in [4.78, 5) is 95.4. The Morgan fingerprint density at radius 2 is 0.688 bits per heavy atom. The van der Waals surface area contributed by atoms with Crippen LogP contribution in [-0.2, 0) is 79.1 Å². The fraction of sp³-hybridized carbons (Fsp3) is 0.423. The molecule has 6 amide bonds. The van der Waals surface area contributed by atoms with Crippen molar-refractivity contribution in [2.24, 2.45) is 7.05 Å². The zero-order valence-electron chi connectivity index (χ0n) is 83.3. The average Bonchev–Trinajstić information content (AvgIpc) is 1.73. The minimum atomic E-state index is -1.94. The van der Waals surface area contributed by atoms with Crippen LogP contribution in [0.4, 0.5) is 21.5 Å². The van der Waals surface area contributed by atoms with Gasteiger partial charge in [-0.3, -0.25) is 38.2 Å². The van der Waals surface area contributed by atoms with Crippen LogP contribution >= 0.6 is 0 Å². The number of halogens is 1. The van der Waals surface area contributed by atoms with Crippen LogP contribution in [-0.4, -0.2) is 244 Å². The highest BCUT2D eigenvalue weighted by atomic mass is 32.2. The predicted octanol–water partition coefficient (Wildman–Crippen LogP) is 13.2. The van der Waals surface area contributed by atoms with E-state index in [-0.39, 0.29) is 87.8 Å².